The van der Waals surface area contributed by atoms with Crippen LogP contribution < -0.4 is 5.32 Å². The lowest BCUT2D eigenvalue weighted by Gasteiger charge is -2.15. The molecule has 2 rings (SSSR count). The van der Waals surface area contributed by atoms with Gasteiger partial charge in [0.05, 0.1) is 0 Å². The minimum Gasteiger partial charge on any atom is -0.314 e. The van der Waals surface area contributed by atoms with Gasteiger partial charge in [-0.05, 0) is 38.1 Å². The van der Waals surface area contributed by atoms with Crippen LogP contribution in [0, 0.1) is 5.92 Å². The number of hydrogen-bond acceptors (Lipinski definition) is 3. The Kier molecular flexibility index (Phi) is 3.72. The Morgan fingerprint density at radius 3 is 3.07 bits per heavy atom. The SMILES string of the molecule is CCC(NCCCc1ncn[nH]1)C1CC1. The lowest BCUT2D eigenvalue weighted by Crippen LogP contribution is -2.31. The summed E-state index contributed by atoms with van der Waals surface area (Å²) in [4.78, 5) is 4.11. The van der Waals surface area contributed by atoms with E-state index >= 15 is 0 Å². The van der Waals surface area contributed by atoms with Crippen LogP contribution in [0.2, 0.25) is 0 Å². The van der Waals surface area contributed by atoms with Crippen LogP contribution in [0.5, 0.6) is 0 Å². The highest BCUT2D eigenvalue weighted by molar-refractivity contribution is 4.86. The average Bonchev–Trinajstić information content (AvgIpc) is 2.95. The molecule has 84 valence electrons. The molecule has 0 aromatic carbocycles. The van der Waals surface area contributed by atoms with Crippen LogP contribution in [-0.2, 0) is 6.42 Å². The molecule has 0 bridgehead atoms. The van der Waals surface area contributed by atoms with Crippen LogP contribution in [-0.4, -0.2) is 27.8 Å². The molecule has 0 spiro atoms. The zero-order chi connectivity index (χ0) is 10.5. The zero-order valence-corrected chi connectivity index (χ0v) is 9.37. The summed E-state index contributed by atoms with van der Waals surface area (Å²) >= 11 is 0. The molecule has 1 fully saturated rings. The van der Waals surface area contributed by atoms with Gasteiger partial charge in [0.25, 0.3) is 0 Å². The maximum atomic E-state index is 4.11. The predicted molar refractivity (Wildman–Crippen MR) is 59.5 cm³/mol. The molecule has 4 heteroatoms. The van der Waals surface area contributed by atoms with E-state index in [9.17, 15) is 0 Å². The van der Waals surface area contributed by atoms with Crippen molar-refractivity contribution in [1.82, 2.24) is 20.5 Å². The molecule has 4 nitrogen and oxygen atoms in total. The number of H-pyrrole nitrogens is 1. The van der Waals surface area contributed by atoms with Crippen molar-refractivity contribution in [3.05, 3.63) is 12.2 Å². The van der Waals surface area contributed by atoms with Gasteiger partial charge in [-0.1, -0.05) is 6.92 Å². The van der Waals surface area contributed by atoms with Crippen molar-refractivity contribution in [3.8, 4) is 0 Å². The van der Waals surface area contributed by atoms with Crippen LogP contribution >= 0.6 is 0 Å². The van der Waals surface area contributed by atoms with Crippen LogP contribution in [0.3, 0.4) is 0 Å². The monoisotopic (exact) mass is 208 g/mol. The Bertz CT molecular complexity index is 266. The molecule has 0 aliphatic heterocycles. The van der Waals surface area contributed by atoms with Gasteiger partial charge >= 0.3 is 0 Å². The topological polar surface area (TPSA) is 53.6 Å². The van der Waals surface area contributed by atoms with E-state index in [4.69, 9.17) is 0 Å². The van der Waals surface area contributed by atoms with E-state index in [0.717, 1.165) is 37.2 Å². The molecule has 1 aliphatic rings. The van der Waals surface area contributed by atoms with Gasteiger partial charge in [-0.2, -0.15) is 5.10 Å². The van der Waals surface area contributed by atoms with Crippen molar-refractivity contribution in [1.29, 1.82) is 0 Å². The van der Waals surface area contributed by atoms with Gasteiger partial charge in [-0.15, -0.1) is 0 Å². The third-order valence-electron chi connectivity index (χ3n) is 3.09. The summed E-state index contributed by atoms with van der Waals surface area (Å²) in [6.45, 7) is 3.36. The van der Waals surface area contributed by atoms with Gasteiger partial charge in [-0.3, -0.25) is 5.10 Å². The second-order valence-corrected chi connectivity index (χ2v) is 4.34. The van der Waals surface area contributed by atoms with Gasteiger partial charge in [0.15, 0.2) is 0 Å². The molecule has 0 radical (unpaired) electrons. The van der Waals surface area contributed by atoms with Gasteiger partial charge < -0.3 is 5.32 Å². The fourth-order valence-electron chi connectivity index (χ4n) is 2.04. The number of nitrogens with one attached hydrogen (secondary N) is 2. The molecule has 1 saturated carbocycles. The summed E-state index contributed by atoms with van der Waals surface area (Å²) in [5.41, 5.74) is 0. The van der Waals surface area contributed by atoms with Crippen LogP contribution in [0.1, 0.15) is 38.4 Å². The standard InChI is InChI=1S/C11H20N4/c1-2-10(9-5-6-9)12-7-3-4-11-13-8-14-15-11/h8-10,12H,2-7H2,1H3,(H,13,14,15). The third kappa shape index (κ3) is 3.30. The van der Waals surface area contributed by atoms with Crippen molar-refractivity contribution in [2.45, 2.75) is 45.1 Å². The van der Waals surface area contributed by atoms with Gasteiger partial charge in [0, 0.05) is 12.5 Å². The smallest absolute Gasteiger partial charge is 0.137 e. The maximum absolute atomic E-state index is 4.11. The highest BCUT2D eigenvalue weighted by Gasteiger charge is 2.29. The fourth-order valence-corrected chi connectivity index (χ4v) is 2.04. The zero-order valence-electron chi connectivity index (χ0n) is 9.37. The first-order valence-corrected chi connectivity index (χ1v) is 5.97. The van der Waals surface area contributed by atoms with E-state index in [1.54, 1.807) is 6.33 Å². The Hall–Kier alpha value is -0.900. The van der Waals surface area contributed by atoms with Gasteiger partial charge in [0.2, 0.25) is 0 Å². The molecular formula is C11H20N4. The van der Waals surface area contributed by atoms with Crippen LogP contribution in [0.4, 0.5) is 0 Å². The normalized spacial score (nSPS) is 17.9. The number of aromatic nitrogens is 3. The van der Waals surface area contributed by atoms with Gasteiger partial charge in [0.1, 0.15) is 12.2 Å². The summed E-state index contributed by atoms with van der Waals surface area (Å²) in [5.74, 6) is 1.96. The molecular weight excluding hydrogens is 188 g/mol. The molecule has 1 aromatic heterocycles. The molecule has 1 aliphatic carbocycles. The minimum absolute atomic E-state index is 0.750. The summed E-state index contributed by atoms with van der Waals surface area (Å²) in [6, 6.07) is 0.750. The fraction of sp³-hybridized carbons (Fsp3) is 0.818. The van der Waals surface area contributed by atoms with Crippen molar-refractivity contribution in [3.63, 3.8) is 0 Å². The van der Waals surface area contributed by atoms with E-state index in [-0.39, 0.29) is 0 Å². The highest BCUT2D eigenvalue weighted by atomic mass is 15.2. The Labute approximate surface area is 90.9 Å². The van der Waals surface area contributed by atoms with E-state index in [1.165, 1.54) is 19.3 Å². The van der Waals surface area contributed by atoms with Crippen molar-refractivity contribution >= 4 is 0 Å². The Morgan fingerprint density at radius 1 is 1.60 bits per heavy atom. The van der Waals surface area contributed by atoms with Crippen molar-refractivity contribution in [2.24, 2.45) is 5.92 Å². The molecule has 0 saturated heterocycles. The predicted octanol–water partition coefficient (Wildman–Crippen LogP) is 1.52. The quantitative estimate of drug-likeness (QED) is 0.668. The van der Waals surface area contributed by atoms with Gasteiger partial charge in [-0.25, -0.2) is 4.98 Å². The number of aryl methyl sites for hydroxylation is 1. The molecule has 15 heavy (non-hydrogen) atoms. The number of rotatable bonds is 7. The average molecular weight is 208 g/mol. The lowest BCUT2D eigenvalue weighted by molar-refractivity contribution is 0.445. The summed E-state index contributed by atoms with van der Waals surface area (Å²) < 4.78 is 0. The number of hydrogen-bond donors (Lipinski definition) is 2. The van der Waals surface area contributed by atoms with Crippen LogP contribution in [0.25, 0.3) is 0 Å². The summed E-state index contributed by atoms with van der Waals surface area (Å²) in [5, 5.41) is 10.4. The highest BCUT2D eigenvalue weighted by Crippen LogP contribution is 2.33. The maximum Gasteiger partial charge on any atom is 0.137 e. The van der Waals surface area contributed by atoms with Crippen LogP contribution in [0.15, 0.2) is 6.33 Å². The number of aromatic amines is 1. The second-order valence-electron chi connectivity index (χ2n) is 4.34. The second kappa shape index (κ2) is 5.26. The van der Waals surface area contributed by atoms with Crippen molar-refractivity contribution in [2.75, 3.05) is 6.54 Å². The van der Waals surface area contributed by atoms with E-state index in [2.05, 4.69) is 27.4 Å². The first-order chi connectivity index (χ1) is 7.40. The van der Waals surface area contributed by atoms with E-state index < -0.39 is 0 Å². The summed E-state index contributed by atoms with van der Waals surface area (Å²) in [6.07, 6.45) is 7.81. The lowest BCUT2D eigenvalue weighted by atomic mass is 10.1. The first kappa shape index (κ1) is 10.6. The Balaban J connectivity index is 1.58. The molecule has 0 amide bonds. The molecule has 2 N–H and O–H groups in total. The molecule has 1 atom stereocenters. The van der Waals surface area contributed by atoms with Crippen molar-refractivity contribution < 1.29 is 0 Å². The number of nitrogens with zero attached hydrogens (tertiary/aromatic N) is 2. The molecule has 1 heterocycles. The largest absolute Gasteiger partial charge is 0.314 e. The Morgan fingerprint density at radius 2 is 2.47 bits per heavy atom. The van der Waals surface area contributed by atoms with E-state index in [0.29, 0.717) is 0 Å². The minimum atomic E-state index is 0.750. The molecule has 1 aromatic rings. The third-order valence-corrected chi connectivity index (χ3v) is 3.09. The molecule has 1 unspecified atom stereocenters. The van der Waals surface area contributed by atoms with E-state index in [1.807, 2.05) is 0 Å². The summed E-state index contributed by atoms with van der Waals surface area (Å²) in [7, 11) is 0. The first-order valence-electron chi connectivity index (χ1n) is 5.97.